The number of β-amino-alcohol motifs (C(OH)–C–C–N with tert-alkyl or cyclic N) is 1. The molecular weight excluding hydrogens is 537 g/mol. The van der Waals surface area contributed by atoms with Crippen molar-refractivity contribution in [3.8, 4) is 5.75 Å². The minimum atomic E-state index is -1.20. The van der Waals surface area contributed by atoms with Crippen LogP contribution in [0.4, 0.5) is 20.8 Å². The van der Waals surface area contributed by atoms with Crippen LogP contribution in [-0.4, -0.2) is 49.8 Å². The zero-order chi connectivity index (χ0) is 29.1. The molecule has 212 valence electrons. The zero-order valence-electron chi connectivity index (χ0n) is 23.0. The van der Waals surface area contributed by atoms with Gasteiger partial charge in [0.05, 0.1) is 43.9 Å². The van der Waals surface area contributed by atoms with Crippen LogP contribution >= 0.6 is 11.3 Å². The lowest BCUT2D eigenvalue weighted by atomic mass is 10.0. The molecule has 0 radical (unpaired) electrons. The van der Waals surface area contributed by atoms with Crippen molar-refractivity contribution >= 4 is 45.5 Å². The number of esters is 1. The van der Waals surface area contributed by atoms with Crippen LogP contribution in [0, 0.1) is 18.7 Å². The van der Waals surface area contributed by atoms with E-state index in [1.54, 1.807) is 56.9 Å². The summed E-state index contributed by atoms with van der Waals surface area (Å²) in [7, 11) is 1.43. The molecule has 1 atom stereocenters. The van der Waals surface area contributed by atoms with Crippen LogP contribution in [0.3, 0.4) is 0 Å². The van der Waals surface area contributed by atoms with Crippen molar-refractivity contribution < 1.29 is 33.4 Å². The van der Waals surface area contributed by atoms with Gasteiger partial charge in [-0.25, -0.2) is 9.18 Å². The average Bonchev–Trinajstić information content (AvgIpc) is 3.28. The van der Waals surface area contributed by atoms with E-state index in [4.69, 9.17) is 9.47 Å². The highest BCUT2D eigenvalue weighted by molar-refractivity contribution is 7.18. The normalized spacial score (nSPS) is 13.8. The smallest absolute Gasteiger partial charge is 0.348 e. The molecule has 3 aromatic rings. The van der Waals surface area contributed by atoms with Gasteiger partial charge in [-0.3, -0.25) is 14.5 Å². The number of aliphatic hydroxyl groups is 1. The van der Waals surface area contributed by atoms with Crippen molar-refractivity contribution in [3.63, 3.8) is 0 Å². The van der Waals surface area contributed by atoms with Gasteiger partial charge >= 0.3 is 5.97 Å². The topological polar surface area (TPSA) is 108 Å². The molecule has 11 heteroatoms. The number of methoxy groups -OCH3 is 1. The molecule has 4 rings (SSSR count). The number of amides is 2. The van der Waals surface area contributed by atoms with Gasteiger partial charge in [0, 0.05) is 11.5 Å². The second kappa shape index (κ2) is 12.1. The van der Waals surface area contributed by atoms with Crippen LogP contribution < -0.4 is 19.9 Å². The molecule has 1 unspecified atom stereocenters. The summed E-state index contributed by atoms with van der Waals surface area (Å²) in [6.07, 6.45) is -1.20. The molecule has 1 aliphatic heterocycles. The number of carbonyl (C=O) groups is 3. The Balaban J connectivity index is 1.80. The summed E-state index contributed by atoms with van der Waals surface area (Å²) in [4.78, 5) is 42.8. The molecule has 0 spiro atoms. The third kappa shape index (κ3) is 5.66. The molecule has 1 aromatic heterocycles. The summed E-state index contributed by atoms with van der Waals surface area (Å²) in [5, 5.41) is 14.6. The van der Waals surface area contributed by atoms with E-state index in [1.165, 1.54) is 30.2 Å². The minimum Gasteiger partial charge on any atom is -0.496 e. The Morgan fingerprint density at radius 2 is 1.93 bits per heavy atom. The van der Waals surface area contributed by atoms with Gasteiger partial charge in [0.2, 0.25) is 5.91 Å². The Bertz CT molecular complexity index is 1440. The number of hydrogen-bond acceptors (Lipinski definition) is 8. The number of thiophene rings is 1. The van der Waals surface area contributed by atoms with E-state index in [2.05, 4.69) is 5.32 Å². The summed E-state index contributed by atoms with van der Waals surface area (Å²) < 4.78 is 24.7. The largest absolute Gasteiger partial charge is 0.496 e. The first kappa shape index (κ1) is 29.0. The summed E-state index contributed by atoms with van der Waals surface area (Å²) in [5.41, 5.74) is 1.90. The van der Waals surface area contributed by atoms with Gasteiger partial charge in [0.25, 0.3) is 5.91 Å². The lowest BCUT2D eigenvalue weighted by molar-refractivity contribution is -0.118. The molecule has 2 N–H and O–H groups in total. The second-order valence-electron chi connectivity index (χ2n) is 9.62. The van der Waals surface area contributed by atoms with E-state index in [9.17, 15) is 23.9 Å². The van der Waals surface area contributed by atoms with Gasteiger partial charge in [-0.2, -0.15) is 0 Å². The van der Waals surface area contributed by atoms with Gasteiger partial charge in [-0.15, -0.1) is 11.3 Å². The van der Waals surface area contributed by atoms with Crippen LogP contribution in [0.5, 0.6) is 5.75 Å². The first-order valence-corrected chi connectivity index (χ1v) is 13.7. The number of carbonyl (C=O) groups excluding carboxylic acids is 3. The molecule has 0 fully saturated rings. The predicted molar refractivity (Wildman–Crippen MR) is 152 cm³/mol. The SMILES string of the molecule is CCOC(=O)c1sc2c(c1C)C(=O)N(c1ccccc1NC(=O)C(C)C)CN2CC(O)c1cc(F)ccc1OC. The van der Waals surface area contributed by atoms with Crippen molar-refractivity contribution in [1.29, 1.82) is 0 Å². The molecular formula is C29H32FN3O6S. The monoisotopic (exact) mass is 569 g/mol. The van der Waals surface area contributed by atoms with Crippen molar-refractivity contribution in [2.24, 2.45) is 5.92 Å². The third-order valence-electron chi connectivity index (χ3n) is 6.57. The first-order chi connectivity index (χ1) is 19.1. The third-order valence-corrected chi connectivity index (χ3v) is 7.90. The number of halogens is 1. The first-order valence-electron chi connectivity index (χ1n) is 12.9. The Labute approximate surface area is 236 Å². The highest BCUT2D eigenvalue weighted by Gasteiger charge is 2.38. The van der Waals surface area contributed by atoms with Gasteiger partial charge in [-0.1, -0.05) is 26.0 Å². The van der Waals surface area contributed by atoms with Crippen LogP contribution in [-0.2, 0) is 9.53 Å². The van der Waals surface area contributed by atoms with Crippen molar-refractivity contribution in [2.45, 2.75) is 33.8 Å². The lowest BCUT2D eigenvalue weighted by Gasteiger charge is -2.38. The fraction of sp³-hybridized carbons (Fsp3) is 0.345. The van der Waals surface area contributed by atoms with Gasteiger partial charge in [-0.05, 0) is 49.7 Å². The molecule has 9 nitrogen and oxygen atoms in total. The molecule has 1 aliphatic rings. The molecule has 2 heterocycles. The Kier molecular flexibility index (Phi) is 8.75. The number of benzene rings is 2. The molecule has 0 saturated carbocycles. The summed E-state index contributed by atoms with van der Waals surface area (Å²) in [6.45, 7) is 7.05. The Hall–Kier alpha value is -3.96. The van der Waals surface area contributed by atoms with Gasteiger partial charge < -0.3 is 24.8 Å². The van der Waals surface area contributed by atoms with E-state index in [0.717, 1.165) is 11.3 Å². The van der Waals surface area contributed by atoms with Crippen molar-refractivity contribution in [3.05, 3.63) is 69.8 Å². The van der Waals surface area contributed by atoms with E-state index >= 15 is 0 Å². The minimum absolute atomic E-state index is 0.00267. The molecule has 0 saturated heterocycles. The number of ether oxygens (including phenoxy) is 2. The number of anilines is 3. The standard InChI is InChI=1S/C29H32FN3O6S/c1-6-39-29(37)25-17(4)24-27(36)33(21-10-8-7-9-20(21)31-26(35)16(2)3)15-32(28(24)40-25)14-22(34)19-13-18(30)11-12-23(19)38-5/h7-13,16,22,34H,6,14-15H2,1-5H3,(H,31,35). The number of nitrogens with one attached hydrogen (secondary N) is 1. The molecule has 40 heavy (non-hydrogen) atoms. The van der Waals surface area contributed by atoms with Gasteiger partial charge in [0.1, 0.15) is 27.5 Å². The van der Waals surface area contributed by atoms with Crippen LogP contribution in [0.1, 0.15) is 58.0 Å². The van der Waals surface area contributed by atoms with Crippen LogP contribution in [0.15, 0.2) is 42.5 Å². The number of hydrogen-bond donors (Lipinski definition) is 2. The second-order valence-corrected chi connectivity index (χ2v) is 10.6. The predicted octanol–water partition coefficient (Wildman–Crippen LogP) is 5.13. The van der Waals surface area contributed by atoms with E-state index in [0.29, 0.717) is 33.3 Å². The van der Waals surface area contributed by atoms with E-state index in [-0.39, 0.29) is 48.0 Å². The fourth-order valence-electron chi connectivity index (χ4n) is 4.49. The number of rotatable bonds is 9. The fourth-order valence-corrected chi connectivity index (χ4v) is 5.68. The van der Waals surface area contributed by atoms with Gasteiger partial charge in [0.15, 0.2) is 0 Å². The Morgan fingerprint density at radius 1 is 1.20 bits per heavy atom. The zero-order valence-corrected chi connectivity index (χ0v) is 23.8. The van der Waals surface area contributed by atoms with Crippen LogP contribution in [0.2, 0.25) is 0 Å². The maximum absolute atomic E-state index is 14.1. The number of nitrogens with zero attached hydrogens (tertiary/aromatic N) is 2. The number of fused-ring (bicyclic) bond motifs is 1. The van der Waals surface area contributed by atoms with Crippen molar-refractivity contribution in [1.82, 2.24) is 0 Å². The molecule has 2 aromatic carbocycles. The highest BCUT2D eigenvalue weighted by Crippen LogP contribution is 2.43. The summed E-state index contributed by atoms with van der Waals surface area (Å²) in [6, 6.07) is 10.8. The summed E-state index contributed by atoms with van der Waals surface area (Å²) in [5.74, 6) is -1.61. The summed E-state index contributed by atoms with van der Waals surface area (Å²) >= 11 is 1.11. The number of para-hydroxylation sites is 2. The van der Waals surface area contributed by atoms with Crippen molar-refractivity contribution in [2.75, 3.05) is 42.0 Å². The van der Waals surface area contributed by atoms with E-state index < -0.39 is 17.9 Å². The quantitative estimate of drug-likeness (QED) is 0.344. The molecule has 0 bridgehead atoms. The maximum atomic E-state index is 14.1. The van der Waals surface area contributed by atoms with E-state index in [1.807, 2.05) is 0 Å². The Morgan fingerprint density at radius 3 is 2.60 bits per heavy atom. The molecule has 0 aliphatic carbocycles. The number of aliphatic hydroxyl groups excluding tert-OH is 1. The lowest BCUT2D eigenvalue weighted by Crippen LogP contribution is -2.48. The highest BCUT2D eigenvalue weighted by atomic mass is 32.1. The molecule has 2 amide bonds. The average molecular weight is 570 g/mol. The van der Waals surface area contributed by atoms with Crippen LogP contribution in [0.25, 0.3) is 0 Å². The maximum Gasteiger partial charge on any atom is 0.348 e.